The molecule has 1 heterocycles. The molecule has 0 bridgehead atoms. The van der Waals surface area contributed by atoms with Crippen LogP contribution in [0, 0.1) is 0 Å². The number of hydrogen-bond acceptors (Lipinski definition) is 5. The Balaban J connectivity index is 1.50. The Morgan fingerprint density at radius 3 is 2.19 bits per heavy atom. The molecule has 0 fully saturated rings. The first-order chi connectivity index (χ1) is 15.4. The third-order valence-electron chi connectivity index (χ3n) is 5.18. The summed E-state index contributed by atoms with van der Waals surface area (Å²) in [7, 11) is 0. The van der Waals surface area contributed by atoms with Crippen molar-refractivity contribution in [2.24, 2.45) is 0 Å². The lowest BCUT2D eigenvalue weighted by molar-refractivity contribution is 0.0277. The number of amides is 2. The number of rotatable bonds is 6. The van der Waals surface area contributed by atoms with Crippen LogP contribution in [0.25, 0.3) is 0 Å². The number of ether oxygens (including phenoxy) is 1. The number of benzene rings is 3. The van der Waals surface area contributed by atoms with Crippen molar-refractivity contribution in [3.63, 3.8) is 0 Å². The lowest BCUT2D eigenvalue weighted by atomic mass is 10.0. The number of carbonyl (C=O) groups excluding carboxylic acids is 4. The van der Waals surface area contributed by atoms with Crippen LogP contribution in [0.5, 0.6) is 0 Å². The summed E-state index contributed by atoms with van der Waals surface area (Å²) < 4.78 is 6.13. The molecule has 0 aliphatic carbocycles. The zero-order valence-corrected chi connectivity index (χ0v) is 18.7. The minimum atomic E-state index is -0.903. The fourth-order valence-corrected chi connectivity index (χ4v) is 3.86. The number of fused-ring (bicyclic) bond motifs is 1. The predicted molar refractivity (Wildman–Crippen MR) is 122 cm³/mol. The topological polar surface area (TPSA) is 80.8 Å². The predicted octanol–water partition coefficient (Wildman–Crippen LogP) is 5.07. The van der Waals surface area contributed by atoms with Gasteiger partial charge in [-0.1, -0.05) is 53.2 Å². The molecule has 0 saturated heterocycles. The quantitative estimate of drug-likeness (QED) is 0.273. The number of carbonyl (C=O) groups is 4. The number of Topliss-reactive ketones (excluding diaryl/α,β-unsaturated/α-hetero) is 1. The first-order valence-electron chi connectivity index (χ1n) is 9.99. The molecule has 1 unspecified atom stereocenters. The molecule has 0 aromatic heterocycles. The van der Waals surface area contributed by atoms with Gasteiger partial charge in [-0.2, -0.15) is 0 Å². The van der Waals surface area contributed by atoms with Crippen molar-refractivity contribution in [2.45, 2.75) is 19.4 Å². The number of nitrogens with zero attached hydrogens (tertiary/aromatic N) is 1. The zero-order chi connectivity index (χ0) is 22.8. The molecule has 1 aliphatic heterocycles. The molecule has 0 saturated carbocycles. The van der Waals surface area contributed by atoms with Gasteiger partial charge >= 0.3 is 5.97 Å². The van der Waals surface area contributed by atoms with Gasteiger partial charge in [-0.3, -0.25) is 14.4 Å². The molecule has 2 amide bonds. The molecule has 1 aliphatic rings. The maximum Gasteiger partial charge on any atom is 0.338 e. The van der Waals surface area contributed by atoms with E-state index in [9.17, 15) is 19.2 Å². The summed E-state index contributed by atoms with van der Waals surface area (Å²) >= 11 is 3.31. The van der Waals surface area contributed by atoms with Gasteiger partial charge in [-0.05, 0) is 48.9 Å². The molecule has 1 atom stereocenters. The van der Waals surface area contributed by atoms with Crippen molar-refractivity contribution >= 4 is 45.2 Å². The Morgan fingerprint density at radius 1 is 0.875 bits per heavy atom. The van der Waals surface area contributed by atoms with E-state index in [2.05, 4.69) is 15.9 Å². The summed E-state index contributed by atoms with van der Waals surface area (Å²) in [5.41, 5.74) is 1.67. The molecule has 0 N–H and O–H groups in total. The molecule has 6 nitrogen and oxygen atoms in total. The summed E-state index contributed by atoms with van der Waals surface area (Å²) in [6, 6.07) is 19.5. The van der Waals surface area contributed by atoms with Gasteiger partial charge in [0.1, 0.15) is 0 Å². The maximum atomic E-state index is 12.7. The highest BCUT2D eigenvalue weighted by Crippen LogP contribution is 2.30. The summed E-state index contributed by atoms with van der Waals surface area (Å²) in [6.07, 6.45) is -0.568. The van der Waals surface area contributed by atoms with E-state index in [0.29, 0.717) is 33.3 Å². The van der Waals surface area contributed by atoms with Crippen molar-refractivity contribution in [1.29, 1.82) is 0 Å². The maximum absolute atomic E-state index is 12.7. The number of esters is 1. The van der Waals surface area contributed by atoms with E-state index >= 15 is 0 Å². The second-order valence-electron chi connectivity index (χ2n) is 7.21. The van der Waals surface area contributed by atoms with Crippen LogP contribution in [-0.2, 0) is 4.74 Å². The summed E-state index contributed by atoms with van der Waals surface area (Å²) in [5.74, 6) is -1.78. The van der Waals surface area contributed by atoms with Gasteiger partial charge in [0.25, 0.3) is 11.8 Å². The number of ketones is 1. The highest BCUT2D eigenvalue weighted by molar-refractivity contribution is 9.10. The average Bonchev–Trinajstić information content (AvgIpc) is 3.06. The van der Waals surface area contributed by atoms with E-state index in [4.69, 9.17) is 4.74 Å². The van der Waals surface area contributed by atoms with Crippen molar-refractivity contribution in [3.8, 4) is 0 Å². The Hall–Kier alpha value is -3.58. The number of halogens is 1. The van der Waals surface area contributed by atoms with Crippen molar-refractivity contribution in [2.75, 3.05) is 4.90 Å². The molecular formula is C25H18BrNO5. The Morgan fingerprint density at radius 2 is 1.53 bits per heavy atom. The number of anilines is 1. The molecule has 0 spiro atoms. The standard InChI is InChI=1S/C25H18BrNO5/c1-2-21(22(28)15-6-4-3-5-7-15)32-25(31)16-8-11-18(12-9-16)27-23(29)19-13-10-17(26)14-20(19)24(27)30/h3-14,21H,2H2,1H3. The largest absolute Gasteiger partial charge is 0.450 e. The SMILES string of the molecule is CCC(OC(=O)c1ccc(N2C(=O)c3ccc(Br)cc3C2=O)cc1)C(=O)c1ccccc1. The van der Waals surface area contributed by atoms with Crippen LogP contribution in [0.4, 0.5) is 5.69 Å². The van der Waals surface area contributed by atoms with Crippen LogP contribution in [0.2, 0.25) is 0 Å². The Labute approximate surface area is 192 Å². The van der Waals surface area contributed by atoms with Crippen molar-refractivity contribution < 1.29 is 23.9 Å². The van der Waals surface area contributed by atoms with Gasteiger partial charge in [0.15, 0.2) is 6.10 Å². The number of imide groups is 1. The minimum Gasteiger partial charge on any atom is -0.450 e. The smallest absolute Gasteiger partial charge is 0.338 e. The fourth-order valence-electron chi connectivity index (χ4n) is 3.50. The highest BCUT2D eigenvalue weighted by atomic mass is 79.9. The fraction of sp³-hybridized carbons (Fsp3) is 0.120. The van der Waals surface area contributed by atoms with Gasteiger partial charge in [0, 0.05) is 10.0 Å². The molecule has 4 rings (SSSR count). The molecular weight excluding hydrogens is 474 g/mol. The lowest BCUT2D eigenvalue weighted by Gasteiger charge is -2.16. The monoisotopic (exact) mass is 491 g/mol. The number of hydrogen-bond donors (Lipinski definition) is 0. The third kappa shape index (κ3) is 3.99. The Bertz CT molecular complexity index is 1220. The van der Waals surface area contributed by atoms with Gasteiger partial charge in [0.05, 0.1) is 22.4 Å². The summed E-state index contributed by atoms with van der Waals surface area (Å²) in [4.78, 5) is 51.7. The van der Waals surface area contributed by atoms with Gasteiger partial charge in [-0.25, -0.2) is 9.69 Å². The van der Waals surface area contributed by atoms with Crippen LogP contribution < -0.4 is 4.90 Å². The first kappa shape index (κ1) is 21.6. The van der Waals surface area contributed by atoms with Crippen molar-refractivity contribution in [3.05, 3.63) is 99.5 Å². The van der Waals surface area contributed by atoms with E-state index in [1.165, 1.54) is 24.3 Å². The van der Waals surface area contributed by atoms with Crippen LogP contribution in [-0.4, -0.2) is 29.7 Å². The van der Waals surface area contributed by atoms with Gasteiger partial charge in [0.2, 0.25) is 5.78 Å². The molecule has 32 heavy (non-hydrogen) atoms. The normalized spacial score (nSPS) is 13.6. The molecule has 160 valence electrons. The van der Waals surface area contributed by atoms with Crippen LogP contribution >= 0.6 is 15.9 Å². The Kier molecular flexibility index (Phi) is 6.01. The average molecular weight is 492 g/mol. The van der Waals surface area contributed by atoms with E-state index in [1.807, 2.05) is 0 Å². The minimum absolute atomic E-state index is 0.215. The highest BCUT2D eigenvalue weighted by Gasteiger charge is 2.36. The zero-order valence-electron chi connectivity index (χ0n) is 17.1. The van der Waals surface area contributed by atoms with E-state index in [-0.39, 0.29) is 11.3 Å². The van der Waals surface area contributed by atoms with E-state index in [0.717, 1.165) is 4.90 Å². The second kappa shape index (κ2) is 8.88. The molecule has 3 aromatic carbocycles. The lowest BCUT2D eigenvalue weighted by Crippen LogP contribution is -2.29. The molecule has 0 radical (unpaired) electrons. The first-order valence-corrected chi connectivity index (χ1v) is 10.8. The van der Waals surface area contributed by atoms with Crippen LogP contribution in [0.15, 0.2) is 77.3 Å². The summed E-state index contributed by atoms with van der Waals surface area (Å²) in [6.45, 7) is 1.77. The van der Waals surface area contributed by atoms with E-state index in [1.54, 1.807) is 55.5 Å². The summed E-state index contributed by atoms with van der Waals surface area (Å²) in [5, 5.41) is 0. The van der Waals surface area contributed by atoms with Crippen LogP contribution in [0.1, 0.15) is 54.8 Å². The van der Waals surface area contributed by atoms with Gasteiger partial charge in [-0.15, -0.1) is 0 Å². The van der Waals surface area contributed by atoms with Gasteiger partial charge < -0.3 is 4.74 Å². The second-order valence-corrected chi connectivity index (χ2v) is 8.13. The molecule has 3 aromatic rings. The van der Waals surface area contributed by atoms with Crippen molar-refractivity contribution in [1.82, 2.24) is 0 Å². The van der Waals surface area contributed by atoms with E-state index < -0.39 is 23.9 Å². The molecule has 7 heteroatoms. The van der Waals surface area contributed by atoms with Crippen LogP contribution in [0.3, 0.4) is 0 Å². The third-order valence-corrected chi connectivity index (χ3v) is 5.67.